The van der Waals surface area contributed by atoms with Gasteiger partial charge in [-0.05, 0) is 44.0 Å². The number of aryl methyl sites for hydroxylation is 1. The molecular formula is C21H33N5O2S. The first-order chi connectivity index (χ1) is 13.7. The summed E-state index contributed by atoms with van der Waals surface area (Å²) in [4.78, 5) is 6.82. The van der Waals surface area contributed by atoms with Crippen LogP contribution in [0.3, 0.4) is 0 Å². The van der Waals surface area contributed by atoms with Crippen molar-refractivity contribution in [1.29, 1.82) is 0 Å². The number of sulfonamides is 1. The van der Waals surface area contributed by atoms with E-state index in [0.717, 1.165) is 30.2 Å². The van der Waals surface area contributed by atoms with Crippen LogP contribution in [0.25, 0.3) is 0 Å². The number of guanidine groups is 1. The Labute approximate surface area is 174 Å². The number of aromatic nitrogens is 1. The molecule has 2 N–H and O–H groups in total. The van der Waals surface area contributed by atoms with Crippen LogP contribution < -0.4 is 10.0 Å². The van der Waals surface area contributed by atoms with Crippen molar-refractivity contribution in [3.63, 3.8) is 0 Å². The quantitative estimate of drug-likeness (QED) is 0.483. The summed E-state index contributed by atoms with van der Waals surface area (Å²) in [7, 11) is 0.633. The maximum absolute atomic E-state index is 12.4. The Balaban J connectivity index is 2.17. The van der Waals surface area contributed by atoms with Crippen LogP contribution in [0.4, 0.5) is 0 Å². The highest BCUT2D eigenvalue weighted by atomic mass is 32.2. The standard InChI is InChI=1S/C21H33N5O2S/c1-6-22-21(26(5)15-20-12-9-13-25(20)4)23-14-18-10-7-8-11-19(18)16-29(27,28)24-17(2)3/h7-13,17,24H,6,14-16H2,1-5H3,(H,22,23). The van der Waals surface area contributed by atoms with Crippen LogP contribution in [0.15, 0.2) is 47.6 Å². The predicted octanol–water partition coefficient (Wildman–Crippen LogP) is 2.45. The molecule has 8 heteroatoms. The third-order valence-corrected chi connectivity index (χ3v) is 5.95. The summed E-state index contributed by atoms with van der Waals surface area (Å²) in [6, 6.07) is 11.5. The van der Waals surface area contributed by atoms with Gasteiger partial charge in [-0.2, -0.15) is 0 Å². The molecule has 0 aliphatic rings. The minimum Gasteiger partial charge on any atom is -0.357 e. The van der Waals surface area contributed by atoms with E-state index < -0.39 is 10.0 Å². The van der Waals surface area contributed by atoms with Crippen LogP contribution in [0.5, 0.6) is 0 Å². The summed E-state index contributed by atoms with van der Waals surface area (Å²) in [6.07, 6.45) is 2.02. The van der Waals surface area contributed by atoms with Gasteiger partial charge in [0.1, 0.15) is 0 Å². The van der Waals surface area contributed by atoms with Gasteiger partial charge in [-0.25, -0.2) is 18.1 Å². The number of aliphatic imine (C=N–C) groups is 1. The van der Waals surface area contributed by atoms with Crippen molar-refractivity contribution in [2.45, 2.75) is 45.7 Å². The summed E-state index contributed by atoms with van der Waals surface area (Å²) in [5.74, 6) is 0.735. The Morgan fingerprint density at radius 3 is 2.45 bits per heavy atom. The molecule has 1 heterocycles. The smallest absolute Gasteiger partial charge is 0.216 e. The highest BCUT2D eigenvalue weighted by Crippen LogP contribution is 2.14. The largest absolute Gasteiger partial charge is 0.357 e. The minimum atomic E-state index is -3.39. The van der Waals surface area contributed by atoms with Gasteiger partial charge in [0.2, 0.25) is 10.0 Å². The van der Waals surface area contributed by atoms with Crippen molar-refractivity contribution < 1.29 is 8.42 Å². The van der Waals surface area contributed by atoms with E-state index in [1.807, 2.05) is 71.4 Å². The zero-order valence-corrected chi connectivity index (χ0v) is 18.8. The number of hydrogen-bond donors (Lipinski definition) is 2. The maximum Gasteiger partial charge on any atom is 0.216 e. The third kappa shape index (κ3) is 7.21. The van der Waals surface area contributed by atoms with Crippen LogP contribution in [0.1, 0.15) is 37.6 Å². The van der Waals surface area contributed by atoms with E-state index in [-0.39, 0.29) is 11.8 Å². The summed E-state index contributed by atoms with van der Waals surface area (Å²) in [5, 5.41) is 3.31. The average molecular weight is 420 g/mol. The van der Waals surface area contributed by atoms with Crippen molar-refractivity contribution >= 4 is 16.0 Å². The molecule has 1 aromatic heterocycles. The van der Waals surface area contributed by atoms with E-state index in [2.05, 4.69) is 25.6 Å². The molecule has 7 nitrogen and oxygen atoms in total. The van der Waals surface area contributed by atoms with E-state index in [1.165, 1.54) is 5.69 Å². The lowest BCUT2D eigenvalue weighted by Gasteiger charge is -2.22. The molecule has 2 rings (SSSR count). The van der Waals surface area contributed by atoms with Gasteiger partial charge in [0.05, 0.1) is 18.8 Å². The Hall–Kier alpha value is -2.32. The molecular weight excluding hydrogens is 386 g/mol. The topological polar surface area (TPSA) is 78.7 Å². The highest BCUT2D eigenvalue weighted by Gasteiger charge is 2.15. The molecule has 0 radical (unpaired) electrons. The summed E-state index contributed by atoms with van der Waals surface area (Å²) in [6.45, 7) is 7.56. The fraction of sp³-hybridized carbons (Fsp3) is 0.476. The second kappa shape index (κ2) is 10.5. The minimum absolute atomic E-state index is 0.0490. The number of benzene rings is 1. The molecule has 0 saturated carbocycles. The normalized spacial score (nSPS) is 12.4. The van der Waals surface area contributed by atoms with Crippen LogP contribution in [0.2, 0.25) is 0 Å². The van der Waals surface area contributed by atoms with Crippen molar-refractivity contribution in [1.82, 2.24) is 19.5 Å². The maximum atomic E-state index is 12.4. The SMILES string of the molecule is CCNC(=NCc1ccccc1CS(=O)(=O)NC(C)C)N(C)Cc1cccn1C. The first-order valence-electron chi connectivity index (χ1n) is 9.88. The molecule has 0 fully saturated rings. The second-order valence-electron chi connectivity index (χ2n) is 7.44. The van der Waals surface area contributed by atoms with Crippen LogP contribution >= 0.6 is 0 Å². The number of nitrogens with one attached hydrogen (secondary N) is 2. The van der Waals surface area contributed by atoms with E-state index in [4.69, 9.17) is 4.99 Å². The lowest BCUT2D eigenvalue weighted by molar-refractivity contribution is 0.462. The lowest BCUT2D eigenvalue weighted by Crippen LogP contribution is -2.38. The molecule has 0 spiro atoms. The fourth-order valence-corrected chi connectivity index (χ4v) is 4.56. The molecule has 160 valence electrons. The van der Waals surface area contributed by atoms with E-state index >= 15 is 0 Å². The van der Waals surface area contributed by atoms with Gasteiger partial charge in [-0.15, -0.1) is 0 Å². The first kappa shape index (κ1) is 23.0. The van der Waals surface area contributed by atoms with Gasteiger partial charge in [0.25, 0.3) is 0 Å². The van der Waals surface area contributed by atoms with E-state index in [0.29, 0.717) is 6.54 Å². The zero-order chi connectivity index (χ0) is 21.4. The average Bonchev–Trinajstić information content (AvgIpc) is 3.03. The third-order valence-electron chi connectivity index (χ3n) is 4.43. The van der Waals surface area contributed by atoms with E-state index in [1.54, 1.807) is 0 Å². The molecule has 1 aromatic carbocycles. The molecule has 0 bridgehead atoms. The van der Waals surface area contributed by atoms with Crippen molar-refractivity contribution in [2.24, 2.45) is 12.0 Å². The molecule has 0 saturated heterocycles. The number of rotatable bonds is 9. The monoisotopic (exact) mass is 419 g/mol. The van der Waals surface area contributed by atoms with Crippen LogP contribution in [0, 0.1) is 0 Å². The second-order valence-corrected chi connectivity index (χ2v) is 9.19. The molecule has 2 aromatic rings. The van der Waals surface area contributed by atoms with Crippen molar-refractivity contribution in [3.05, 3.63) is 59.4 Å². The number of hydrogen-bond acceptors (Lipinski definition) is 3. The van der Waals surface area contributed by atoms with Crippen molar-refractivity contribution in [3.8, 4) is 0 Å². The Kier molecular flexibility index (Phi) is 8.28. The van der Waals surface area contributed by atoms with E-state index in [9.17, 15) is 8.42 Å². The van der Waals surface area contributed by atoms with Gasteiger partial charge in [-0.1, -0.05) is 24.3 Å². The van der Waals surface area contributed by atoms with Gasteiger partial charge >= 0.3 is 0 Å². The summed E-state index contributed by atoms with van der Waals surface area (Å²) < 4.78 is 29.4. The predicted molar refractivity (Wildman–Crippen MR) is 119 cm³/mol. The summed E-state index contributed by atoms with van der Waals surface area (Å²) in [5.41, 5.74) is 2.86. The Morgan fingerprint density at radius 2 is 1.86 bits per heavy atom. The summed E-state index contributed by atoms with van der Waals surface area (Å²) >= 11 is 0. The Morgan fingerprint density at radius 1 is 1.17 bits per heavy atom. The fourth-order valence-electron chi connectivity index (χ4n) is 3.07. The van der Waals surface area contributed by atoms with Gasteiger partial charge in [0, 0.05) is 38.6 Å². The Bertz CT molecular complexity index is 919. The zero-order valence-electron chi connectivity index (χ0n) is 18.0. The van der Waals surface area contributed by atoms with Gasteiger partial charge in [0.15, 0.2) is 5.96 Å². The molecule has 0 aliphatic carbocycles. The lowest BCUT2D eigenvalue weighted by atomic mass is 10.1. The van der Waals surface area contributed by atoms with Gasteiger partial charge < -0.3 is 14.8 Å². The van der Waals surface area contributed by atoms with Gasteiger partial charge in [-0.3, -0.25) is 0 Å². The first-order valence-corrected chi connectivity index (χ1v) is 11.5. The van der Waals surface area contributed by atoms with Crippen LogP contribution in [-0.4, -0.2) is 43.5 Å². The number of nitrogens with zero attached hydrogens (tertiary/aromatic N) is 3. The van der Waals surface area contributed by atoms with Crippen molar-refractivity contribution in [2.75, 3.05) is 13.6 Å². The molecule has 0 atom stereocenters. The highest BCUT2D eigenvalue weighted by molar-refractivity contribution is 7.88. The molecule has 29 heavy (non-hydrogen) atoms. The molecule has 0 aliphatic heterocycles. The molecule has 0 amide bonds. The molecule has 0 unspecified atom stereocenters. The van der Waals surface area contributed by atoms with Crippen LogP contribution in [-0.2, 0) is 35.9 Å².